The zero-order valence-corrected chi connectivity index (χ0v) is 7.78. The van der Waals surface area contributed by atoms with Crippen LogP contribution in [0.15, 0.2) is 10.4 Å². The van der Waals surface area contributed by atoms with Gasteiger partial charge in [-0.15, -0.1) is 11.3 Å². The van der Waals surface area contributed by atoms with Gasteiger partial charge >= 0.3 is 0 Å². The summed E-state index contributed by atoms with van der Waals surface area (Å²) in [6.07, 6.45) is 0. The molecule has 2 heterocycles. The first-order valence-corrected chi connectivity index (χ1v) is 4.58. The number of halogens is 1. The second-order valence-electron chi connectivity index (χ2n) is 2.90. The quantitative estimate of drug-likeness (QED) is 0.604. The molecule has 0 amide bonds. The largest absolute Gasteiger partial charge is 0.359 e. The molecule has 0 saturated heterocycles. The monoisotopic (exact) mass is 184 g/mol. The molecule has 2 nitrogen and oxygen atoms in total. The molecule has 0 radical (unpaired) electrons. The smallest absolute Gasteiger partial charge is 0.202 e. The molecule has 0 atom stereocenters. The van der Waals surface area contributed by atoms with Gasteiger partial charge in [0.05, 0.1) is 0 Å². The Morgan fingerprint density at radius 2 is 2.42 bits per heavy atom. The van der Waals surface area contributed by atoms with Crippen molar-refractivity contribution >= 4 is 22.9 Å². The molecule has 0 aliphatic carbocycles. The highest BCUT2D eigenvalue weighted by Crippen LogP contribution is 2.32. The average molecular weight is 184 g/mol. The molecule has 0 saturated carbocycles. The van der Waals surface area contributed by atoms with Gasteiger partial charge in [0.25, 0.3) is 0 Å². The summed E-state index contributed by atoms with van der Waals surface area (Å²) < 4.78 is 13.0. The van der Waals surface area contributed by atoms with Crippen LogP contribution in [0.4, 0.5) is 10.1 Å². The van der Waals surface area contributed by atoms with Crippen molar-refractivity contribution in [3.05, 3.63) is 16.1 Å². The van der Waals surface area contributed by atoms with E-state index in [-0.39, 0.29) is 5.13 Å². The van der Waals surface area contributed by atoms with Gasteiger partial charge in [-0.25, -0.2) is 4.99 Å². The van der Waals surface area contributed by atoms with E-state index in [0.29, 0.717) is 5.69 Å². The first kappa shape index (κ1) is 7.73. The van der Waals surface area contributed by atoms with Gasteiger partial charge in [0.15, 0.2) is 0 Å². The van der Waals surface area contributed by atoms with Crippen molar-refractivity contribution in [2.24, 2.45) is 4.99 Å². The molecular weight excluding hydrogens is 175 g/mol. The minimum atomic E-state index is -0.169. The third-order valence-corrected chi connectivity index (χ3v) is 2.83. The average Bonchev–Trinajstić information content (AvgIpc) is 2.35. The van der Waals surface area contributed by atoms with Crippen LogP contribution in [-0.4, -0.2) is 17.8 Å². The van der Waals surface area contributed by atoms with Crippen LogP contribution in [0.3, 0.4) is 0 Å². The summed E-state index contributed by atoms with van der Waals surface area (Å²) in [5, 5.41) is 1.66. The standard InChI is InChI=1S/C8H9FN2S/c1-5-10-7-6(3-11(5)2)4-12-8(7)9/h4H,3H2,1-2H3. The first-order valence-electron chi connectivity index (χ1n) is 3.71. The molecule has 1 aromatic rings. The molecule has 0 fully saturated rings. The fourth-order valence-corrected chi connectivity index (χ4v) is 1.93. The summed E-state index contributed by atoms with van der Waals surface area (Å²) in [7, 11) is 1.96. The summed E-state index contributed by atoms with van der Waals surface area (Å²) in [5.41, 5.74) is 1.53. The molecule has 1 aliphatic rings. The van der Waals surface area contributed by atoms with E-state index in [1.54, 1.807) is 0 Å². The van der Waals surface area contributed by atoms with Crippen molar-refractivity contribution < 1.29 is 4.39 Å². The zero-order chi connectivity index (χ0) is 8.72. The minimum Gasteiger partial charge on any atom is -0.359 e. The maximum atomic E-state index is 13.0. The topological polar surface area (TPSA) is 15.6 Å². The van der Waals surface area contributed by atoms with Crippen LogP contribution < -0.4 is 0 Å². The molecule has 0 N–H and O–H groups in total. The normalized spacial score (nSPS) is 15.9. The third kappa shape index (κ3) is 1.03. The highest BCUT2D eigenvalue weighted by Gasteiger charge is 2.18. The summed E-state index contributed by atoms with van der Waals surface area (Å²) in [6.45, 7) is 2.66. The summed E-state index contributed by atoms with van der Waals surface area (Å²) >= 11 is 1.12. The number of amidine groups is 1. The maximum Gasteiger partial charge on any atom is 0.202 e. The first-order chi connectivity index (χ1) is 5.68. The molecule has 0 aromatic carbocycles. The Morgan fingerprint density at radius 1 is 1.67 bits per heavy atom. The Balaban J connectivity index is 2.52. The number of fused-ring (bicyclic) bond motifs is 1. The summed E-state index contributed by atoms with van der Waals surface area (Å²) in [6, 6.07) is 0. The number of nitrogens with zero attached hydrogens (tertiary/aromatic N) is 2. The summed E-state index contributed by atoms with van der Waals surface area (Å²) in [4.78, 5) is 6.17. The van der Waals surface area contributed by atoms with E-state index < -0.39 is 0 Å². The van der Waals surface area contributed by atoms with Crippen molar-refractivity contribution in [1.29, 1.82) is 0 Å². The van der Waals surface area contributed by atoms with Crippen LogP contribution in [0, 0.1) is 5.13 Å². The van der Waals surface area contributed by atoms with Crippen molar-refractivity contribution in [2.75, 3.05) is 7.05 Å². The lowest BCUT2D eigenvalue weighted by Gasteiger charge is -2.22. The number of hydrogen-bond acceptors (Lipinski definition) is 3. The van der Waals surface area contributed by atoms with E-state index in [0.717, 1.165) is 29.3 Å². The van der Waals surface area contributed by atoms with Gasteiger partial charge in [0.2, 0.25) is 5.13 Å². The Labute approximate surface area is 74.3 Å². The molecule has 0 spiro atoms. The minimum absolute atomic E-state index is 0.169. The highest BCUT2D eigenvalue weighted by molar-refractivity contribution is 7.08. The lowest BCUT2D eigenvalue weighted by Crippen LogP contribution is -2.25. The van der Waals surface area contributed by atoms with E-state index in [1.807, 2.05) is 24.3 Å². The van der Waals surface area contributed by atoms with Crippen molar-refractivity contribution in [3.63, 3.8) is 0 Å². The van der Waals surface area contributed by atoms with E-state index >= 15 is 0 Å². The number of rotatable bonds is 0. The molecule has 4 heteroatoms. The Kier molecular flexibility index (Phi) is 1.65. The fraction of sp³-hybridized carbons (Fsp3) is 0.375. The van der Waals surface area contributed by atoms with Crippen LogP contribution in [0.1, 0.15) is 12.5 Å². The van der Waals surface area contributed by atoms with Gasteiger partial charge in [0, 0.05) is 24.5 Å². The maximum absolute atomic E-state index is 13.0. The molecule has 0 bridgehead atoms. The Hall–Kier alpha value is -0.900. The van der Waals surface area contributed by atoms with Crippen LogP contribution in [-0.2, 0) is 6.54 Å². The predicted molar refractivity (Wildman–Crippen MR) is 48.5 cm³/mol. The SMILES string of the molecule is CC1=Nc2c(csc2F)CN1C. The lowest BCUT2D eigenvalue weighted by molar-refractivity contribution is 0.489. The van der Waals surface area contributed by atoms with Crippen LogP contribution in [0.2, 0.25) is 0 Å². The van der Waals surface area contributed by atoms with Crippen LogP contribution in [0.25, 0.3) is 0 Å². The zero-order valence-electron chi connectivity index (χ0n) is 6.97. The second kappa shape index (κ2) is 2.55. The van der Waals surface area contributed by atoms with Gasteiger partial charge in [-0.3, -0.25) is 0 Å². The molecule has 2 rings (SSSR count). The van der Waals surface area contributed by atoms with E-state index in [4.69, 9.17) is 0 Å². The summed E-state index contributed by atoms with van der Waals surface area (Å²) in [5.74, 6) is 0.875. The Bertz CT molecular complexity index is 343. The predicted octanol–water partition coefficient (Wildman–Crippen LogP) is 2.38. The van der Waals surface area contributed by atoms with Crippen molar-refractivity contribution in [3.8, 4) is 0 Å². The molecule has 1 aromatic heterocycles. The van der Waals surface area contributed by atoms with Crippen LogP contribution in [0.5, 0.6) is 0 Å². The van der Waals surface area contributed by atoms with Gasteiger partial charge in [-0.2, -0.15) is 4.39 Å². The molecule has 64 valence electrons. The van der Waals surface area contributed by atoms with Crippen molar-refractivity contribution in [2.45, 2.75) is 13.5 Å². The number of thiophene rings is 1. The Morgan fingerprint density at radius 3 is 3.17 bits per heavy atom. The molecule has 12 heavy (non-hydrogen) atoms. The molecule has 1 aliphatic heterocycles. The highest BCUT2D eigenvalue weighted by atomic mass is 32.1. The van der Waals surface area contributed by atoms with Crippen molar-refractivity contribution in [1.82, 2.24) is 4.90 Å². The molecule has 0 unspecified atom stereocenters. The van der Waals surface area contributed by atoms with Gasteiger partial charge in [-0.1, -0.05) is 0 Å². The van der Waals surface area contributed by atoms with Gasteiger partial charge < -0.3 is 4.90 Å². The van der Waals surface area contributed by atoms with Gasteiger partial charge in [-0.05, 0) is 6.92 Å². The van der Waals surface area contributed by atoms with Gasteiger partial charge in [0.1, 0.15) is 11.5 Å². The molecular formula is C8H9FN2S. The van der Waals surface area contributed by atoms with E-state index in [1.165, 1.54) is 0 Å². The van der Waals surface area contributed by atoms with E-state index in [9.17, 15) is 4.39 Å². The lowest BCUT2D eigenvalue weighted by atomic mass is 10.2. The van der Waals surface area contributed by atoms with E-state index in [2.05, 4.69) is 4.99 Å². The van der Waals surface area contributed by atoms with Crippen LogP contribution >= 0.6 is 11.3 Å². The second-order valence-corrected chi connectivity index (χ2v) is 3.73. The number of hydrogen-bond donors (Lipinski definition) is 0. The third-order valence-electron chi connectivity index (χ3n) is 2.03. The number of aliphatic imine (C=N–C) groups is 1. The fourth-order valence-electron chi connectivity index (χ4n) is 1.21.